The molecule has 0 aliphatic heterocycles. The second-order valence-corrected chi connectivity index (χ2v) is 10.4. The van der Waals surface area contributed by atoms with E-state index in [1.807, 2.05) is 31.4 Å². The number of sulfonamides is 1. The normalized spacial score (nSPS) is 11.2. The Bertz CT molecular complexity index is 1410. The van der Waals surface area contributed by atoms with Gasteiger partial charge in [-0.3, -0.25) is 14.8 Å². The molecular formula is C24H20ClN3O3S2. The van der Waals surface area contributed by atoms with E-state index < -0.39 is 10.0 Å². The highest BCUT2D eigenvalue weighted by Crippen LogP contribution is 2.28. The summed E-state index contributed by atoms with van der Waals surface area (Å²) in [6.07, 6.45) is 0. The molecule has 0 aliphatic rings. The van der Waals surface area contributed by atoms with E-state index in [4.69, 9.17) is 11.6 Å². The SMILES string of the molecule is Cc1ccc(-c2csc(NC(=O)c3ccc(NS(=O)(=O)c4ccc(Cl)cc4)cc3)n2)c(C)c1. The third-order valence-electron chi connectivity index (χ3n) is 4.91. The van der Waals surface area contributed by atoms with Crippen LogP contribution >= 0.6 is 22.9 Å². The molecule has 0 radical (unpaired) electrons. The quantitative estimate of drug-likeness (QED) is 0.335. The van der Waals surface area contributed by atoms with Crippen LogP contribution in [0.5, 0.6) is 0 Å². The maximum Gasteiger partial charge on any atom is 0.261 e. The maximum absolute atomic E-state index is 12.6. The Labute approximate surface area is 201 Å². The number of nitrogens with one attached hydrogen (secondary N) is 2. The van der Waals surface area contributed by atoms with Crippen molar-refractivity contribution in [3.63, 3.8) is 0 Å². The van der Waals surface area contributed by atoms with E-state index in [2.05, 4.69) is 21.1 Å². The molecule has 6 nitrogen and oxygen atoms in total. The lowest BCUT2D eigenvalue weighted by atomic mass is 10.0. The van der Waals surface area contributed by atoms with Crippen LogP contribution in [0.1, 0.15) is 21.5 Å². The van der Waals surface area contributed by atoms with Gasteiger partial charge in [0, 0.05) is 27.2 Å². The van der Waals surface area contributed by atoms with Crippen LogP contribution in [0.15, 0.2) is 77.0 Å². The Morgan fingerprint density at radius 2 is 1.67 bits per heavy atom. The summed E-state index contributed by atoms with van der Waals surface area (Å²) in [7, 11) is -3.76. The van der Waals surface area contributed by atoms with Gasteiger partial charge in [-0.1, -0.05) is 35.4 Å². The molecule has 1 heterocycles. The Balaban J connectivity index is 1.44. The van der Waals surface area contributed by atoms with Gasteiger partial charge in [0.15, 0.2) is 5.13 Å². The fourth-order valence-corrected chi connectivity index (χ4v) is 5.13. The lowest BCUT2D eigenvalue weighted by molar-refractivity contribution is 0.102. The summed E-state index contributed by atoms with van der Waals surface area (Å²) in [5.41, 5.74) is 4.85. The number of hydrogen-bond acceptors (Lipinski definition) is 5. The largest absolute Gasteiger partial charge is 0.298 e. The van der Waals surface area contributed by atoms with Crippen LogP contribution in [-0.2, 0) is 10.0 Å². The molecule has 168 valence electrons. The molecular weight excluding hydrogens is 478 g/mol. The van der Waals surface area contributed by atoms with Crippen LogP contribution < -0.4 is 10.0 Å². The number of thiazole rings is 1. The van der Waals surface area contributed by atoms with E-state index >= 15 is 0 Å². The van der Waals surface area contributed by atoms with Crippen molar-refractivity contribution in [1.82, 2.24) is 4.98 Å². The number of nitrogens with zero attached hydrogens (tertiary/aromatic N) is 1. The maximum atomic E-state index is 12.6. The number of aromatic nitrogens is 1. The van der Waals surface area contributed by atoms with Gasteiger partial charge in [-0.15, -0.1) is 11.3 Å². The van der Waals surface area contributed by atoms with Crippen molar-refractivity contribution < 1.29 is 13.2 Å². The van der Waals surface area contributed by atoms with Crippen molar-refractivity contribution in [3.05, 3.63) is 93.8 Å². The van der Waals surface area contributed by atoms with Crippen LogP contribution in [0.25, 0.3) is 11.3 Å². The van der Waals surface area contributed by atoms with Crippen molar-refractivity contribution in [2.45, 2.75) is 18.7 Å². The second kappa shape index (κ2) is 9.35. The van der Waals surface area contributed by atoms with Gasteiger partial charge in [0.1, 0.15) is 0 Å². The molecule has 0 aliphatic carbocycles. The lowest BCUT2D eigenvalue weighted by Crippen LogP contribution is -2.14. The summed E-state index contributed by atoms with van der Waals surface area (Å²) in [5.74, 6) is -0.330. The highest BCUT2D eigenvalue weighted by Gasteiger charge is 2.15. The Morgan fingerprint density at radius 1 is 0.970 bits per heavy atom. The number of anilines is 2. The molecule has 3 aromatic carbocycles. The molecule has 1 amide bonds. The molecule has 0 unspecified atom stereocenters. The molecule has 0 atom stereocenters. The Morgan fingerprint density at radius 3 is 2.33 bits per heavy atom. The van der Waals surface area contributed by atoms with Gasteiger partial charge < -0.3 is 0 Å². The molecule has 0 fully saturated rings. The molecule has 0 spiro atoms. The molecule has 33 heavy (non-hydrogen) atoms. The van der Waals surface area contributed by atoms with Crippen molar-refractivity contribution in [1.29, 1.82) is 0 Å². The molecule has 0 saturated heterocycles. The predicted molar refractivity (Wildman–Crippen MR) is 134 cm³/mol. The third-order valence-corrected chi connectivity index (χ3v) is 7.31. The van der Waals surface area contributed by atoms with Crippen LogP contribution in [0.2, 0.25) is 5.02 Å². The second-order valence-electron chi connectivity index (χ2n) is 7.45. The van der Waals surface area contributed by atoms with E-state index in [1.165, 1.54) is 53.3 Å². The van der Waals surface area contributed by atoms with E-state index in [1.54, 1.807) is 12.1 Å². The zero-order valence-electron chi connectivity index (χ0n) is 17.8. The van der Waals surface area contributed by atoms with E-state index in [-0.39, 0.29) is 10.8 Å². The summed E-state index contributed by atoms with van der Waals surface area (Å²) in [5, 5.41) is 5.64. The first-order valence-electron chi connectivity index (χ1n) is 9.94. The van der Waals surface area contributed by atoms with Gasteiger partial charge in [-0.25, -0.2) is 13.4 Å². The summed E-state index contributed by atoms with van der Waals surface area (Å²) < 4.78 is 27.5. The summed E-state index contributed by atoms with van der Waals surface area (Å²) in [4.78, 5) is 17.2. The molecule has 0 saturated carbocycles. The number of amides is 1. The van der Waals surface area contributed by atoms with Crippen molar-refractivity contribution in [2.24, 2.45) is 0 Å². The summed E-state index contributed by atoms with van der Waals surface area (Å²) in [6.45, 7) is 4.07. The van der Waals surface area contributed by atoms with Crippen LogP contribution in [-0.4, -0.2) is 19.3 Å². The first kappa shape index (κ1) is 23.0. The fraction of sp³-hybridized carbons (Fsp3) is 0.0833. The number of hydrogen-bond donors (Lipinski definition) is 2. The Kier molecular flexibility index (Phi) is 6.51. The lowest BCUT2D eigenvalue weighted by Gasteiger charge is -2.09. The zero-order valence-corrected chi connectivity index (χ0v) is 20.2. The van der Waals surface area contributed by atoms with Crippen molar-refractivity contribution >= 4 is 49.7 Å². The van der Waals surface area contributed by atoms with Crippen molar-refractivity contribution in [2.75, 3.05) is 10.0 Å². The number of benzene rings is 3. The monoisotopic (exact) mass is 497 g/mol. The topological polar surface area (TPSA) is 88.2 Å². The van der Waals surface area contributed by atoms with Crippen LogP contribution in [0, 0.1) is 13.8 Å². The highest BCUT2D eigenvalue weighted by molar-refractivity contribution is 7.92. The number of aryl methyl sites for hydroxylation is 2. The first-order valence-corrected chi connectivity index (χ1v) is 12.7. The first-order chi connectivity index (χ1) is 15.7. The molecule has 1 aromatic heterocycles. The standard InChI is InChI=1S/C24H20ClN3O3S2/c1-15-3-12-21(16(2)13-15)22-14-32-24(26-22)27-23(29)17-4-8-19(9-5-17)28-33(30,31)20-10-6-18(25)7-11-20/h3-14,28H,1-2H3,(H,26,27,29). The predicted octanol–water partition coefficient (Wildman–Crippen LogP) is 6.13. The van der Waals surface area contributed by atoms with Crippen LogP contribution in [0.3, 0.4) is 0 Å². The van der Waals surface area contributed by atoms with Crippen molar-refractivity contribution in [3.8, 4) is 11.3 Å². The smallest absolute Gasteiger partial charge is 0.261 e. The summed E-state index contributed by atoms with van der Waals surface area (Å²) >= 11 is 7.16. The van der Waals surface area contributed by atoms with Gasteiger partial charge >= 0.3 is 0 Å². The summed E-state index contributed by atoms with van der Waals surface area (Å²) in [6, 6.07) is 18.2. The molecule has 4 aromatic rings. The Hall–Kier alpha value is -3.20. The minimum absolute atomic E-state index is 0.0945. The van der Waals surface area contributed by atoms with Gasteiger partial charge in [-0.05, 0) is 67.9 Å². The van der Waals surface area contributed by atoms with Gasteiger partial charge in [0.2, 0.25) is 0 Å². The molecule has 2 N–H and O–H groups in total. The average molecular weight is 498 g/mol. The number of rotatable bonds is 6. The van der Waals surface area contributed by atoms with Gasteiger partial charge in [-0.2, -0.15) is 0 Å². The van der Waals surface area contributed by atoms with Gasteiger partial charge in [0.05, 0.1) is 10.6 Å². The van der Waals surface area contributed by atoms with E-state index in [0.717, 1.165) is 16.8 Å². The molecule has 4 rings (SSSR count). The highest BCUT2D eigenvalue weighted by atomic mass is 35.5. The molecule has 0 bridgehead atoms. The molecule has 9 heteroatoms. The third kappa shape index (κ3) is 5.42. The number of halogens is 1. The van der Waals surface area contributed by atoms with Gasteiger partial charge in [0.25, 0.3) is 15.9 Å². The fourth-order valence-electron chi connectivity index (χ4n) is 3.24. The van der Waals surface area contributed by atoms with E-state index in [9.17, 15) is 13.2 Å². The zero-order chi connectivity index (χ0) is 23.6. The minimum atomic E-state index is -3.76. The number of carbonyl (C=O) groups is 1. The number of carbonyl (C=O) groups excluding carboxylic acids is 1. The minimum Gasteiger partial charge on any atom is -0.298 e. The van der Waals surface area contributed by atoms with Crippen LogP contribution in [0.4, 0.5) is 10.8 Å². The van der Waals surface area contributed by atoms with E-state index in [0.29, 0.717) is 21.4 Å². The average Bonchev–Trinajstić information content (AvgIpc) is 3.22.